The molecule has 1 aromatic heterocycles. The van der Waals surface area contributed by atoms with Crippen LogP contribution in [0.1, 0.15) is 39.0 Å². The first-order valence-corrected chi connectivity index (χ1v) is 8.28. The Balaban J connectivity index is 1.99. The van der Waals surface area contributed by atoms with Crippen molar-refractivity contribution in [3.05, 3.63) is 35.5 Å². The molecule has 1 atom stereocenters. The van der Waals surface area contributed by atoms with Gasteiger partial charge < -0.3 is 19.4 Å². The van der Waals surface area contributed by atoms with Gasteiger partial charge in [-0.05, 0) is 45.7 Å². The van der Waals surface area contributed by atoms with Gasteiger partial charge in [0.1, 0.15) is 11.9 Å². The molecule has 1 aliphatic rings. The van der Waals surface area contributed by atoms with Gasteiger partial charge in [-0.2, -0.15) is 0 Å². The van der Waals surface area contributed by atoms with Crippen molar-refractivity contribution in [1.29, 1.82) is 0 Å². The van der Waals surface area contributed by atoms with Crippen molar-refractivity contribution in [2.45, 2.75) is 45.1 Å². The number of nitrogens with zero attached hydrogens (tertiary/aromatic N) is 1. The lowest BCUT2D eigenvalue weighted by atomic mass is 9.86. The fourth-order valence-electron chi connectivity index (χ4n) is 3.33. The average Bonchev–Trinajstić information content (AvgIpc) is 2.82. The number of aromatic nitrogens is 1. The van der Waals surface area contributed by atoms with Crippen LogP contribution in [-0.2, 0) is 21.4 Å². The van der Waals surface area contributed by atoms with E-state index in [2.05, 4.69) is 11.1 Å². The van der Waals surface area contributed by atoms with Gasteiger partial charge in [0.25, 0.3) is 0 Å². The van der Waals surface area contributed by atoms with Crippen LogP contribution in [0.15, 0.2) is 24.3 Å². The first kappa shape index (κ1) is 16.6. The number of aldehydes is 1. The second-order valence-electron chi connectivity index (χ2n) is 7.71. The second kappa shape index (κ2) is 5.65. The highest BCUT2D eigenvalue weighted by Crippen LogP contribution is 2.34. The summed E-state index contributed by atoms with van der Waals surface area (Å²) in [6.07, 6.45) is 1.26. The van der Waals surface area contributed by atoms with Gasteiger partial charge in [-0.25, -0.2) is 4.79 Å². The number of H-pyrrole nitrogens is 1. The lowest BCUT2D eigenvalue weighted by Gasteiger charge is -2.30. The molecule has 0 bridgehead atoms. The highest BCUT2D eigenvalue weighted by molar-refractivity contribution is 5.87. The quantitative estimate of drug-likeness (QED) is 0.816. The van der Waals surface area contributed by atoms with Crippen molar-refractivity contribution < 1.29 is 14.3 Å². The summed E-state index contributed by atoms with van der Waals surface area (Å²) in [6, 6.07) is 8.04. The fraction of sp³-hybridized carbons (Fsp3) is 0.474. The van der Waals surface area contributed by atoms with E-state index in [1.807, 2.05) is 45.9 Å². The number of hydrogen-bond donors (Lipinski definition) is 1. The largest absolute Gasteiger partial charge is 0.444 e. The standard InChI is InChI=1S/C19H24N2O3/c1-18(2,3)24-17(23)21-10-9-14-13-7-5-6-8-15(13)20-16(14)19(4,11-21)12-22/h5-8,12,20H,9-11H2,1-4H3/t19-/m0/s1. The topological polar surface area (TPSA) is 62.4 Å². The molecule has 0 fully saturated rings. The third-order valence-corrected chi connectivity index (χ3v) is 4.45. The molecule has 3 rings (SSSR count). The van der Waals surface area contributed by atoms with Crippen molar-refractivity contribution in [2.75, 3.05) is 13.1 Å². The van der Waals surface area contributed by atoms with Crippen molar-refractivity contribution in [2.24, 2.45) is 0 Å². The summed E-state index contributed by atoms with van der Waals surface area (Å²) in [5.74, 6) is 0. The minimum Gasteiger partial charge on any atom is -0.444 e. The third kappa shape index (κ3) is 2.90. The fourth-order valence-corrected chi connectivity index (χ4v) is 3.33. The van der Waals surface area contributed by atoms with E-state index in [9.17, 15) is 9.59 Å². The highest BCUT2D eigenvalue weighted by atomic mass is 16.6. The predicted octanol–water partition coefficient (Wildman–Crippen LogP) is 3.42. The average molecular weight is 328 g/mol. The van der Waals surface area contributed by atoms with Gasteiger partial charge >= 0.3 is 6.09 Å². The number of benzene rings is 1. The number of carbonyl (C=O) groups excluding carboxylic acids is 2. The van der Waals surface area contributed by atoms with Gasteiger partial charge in [-0.3, -0.25) is 0 Å². The number of fused-ring (bicyclic) bond motifs is 3. The summed E-state index contributed by atoms with van der Waals surface area (Å²) in [6.45, 7) is 8.25. The van der Waals surface area contributed by atoms with Crippen LogP contribution in [0.2, 0.25) is 0 Å². The first-order valence-electron chi connectivity index (χ1n) is 8.28. The summed E-state index contributed by atoms with van der Waals surface area (Å²) in [5.41, 5.74) is 1.72. The van der Waals surface area contributed by atoms with Gasteiger partial charge in [0.2, 0.25) is 0 Å². The van der Waals surface area contributed by atoms with Crippen LogP contribution in [0.25, 0.3) is 10.9 Å². The van der Waals surface area contributed by atoms with Gasteiger partial charge in [0, 0.05) is 29.7 Å². The Morgan fingerprint density at radius 2 is 2.04 bits per heavy atom. The number of ether oxygens (including phenoxy) is 1. The predicted molar refractivity (Wildman–Crippen MR) is 93.2 cm³/mol. The summed E-state index contributed by atoms with van der Waals surface area (Å²) < 4.78 is 5.49. The van der Waals surface area contributed by atoms with Crippen molar-refractivity contribution in [3.8, 4) is 0 Å². The normalized spacial score (nSPS) is 21.2. The van der Waals surface area contributed by atoms with E-state index in [0.29, 0.717) is 19.5 Å². The maximum Gasteiger partial charge on any atom is 0.410 e. The summed E-state index contributed by atoms with van der Waals surface area (Å²) >= 11 is 0. The number of amides is 1. The lowest BCUT2D eigenvalue weighted by Crippen LogP contribution is -2.44. The number of rotatable bonds is 1. The van der Waals surface area contributed by atoms with Crippen LogP contribution in [0, 0.1) is 0 Å². The van der Waals surface area contributed by atoms with E-state index >= 15 is 0 Å². The second-order valence-corrected chi connectivity index (χ2v) is 7.71. The molecule has 1 aromatic carbocycles. The molecule has 0 radical (unpaired) electrons. The van der Waals surface area contributed by atoms with Crippen LogP contribution in [0.4, 0.5) is 4.79 Å². The monoisotopic (exact) mass is 328 g/mol. The molecule has 128 valence electrons. The minimum atomic E-state index is -0.776. The van der Waals surface area contributed by atoms with E-state index in [4.69, 9.17) is 4.74 Å². The molecule has 5 heteroatoms. The molecular weight excluding hydrogens is 304 g/mol. The molecule has 24 heavy (non-hydrogen) atoms. The van der Waals surface area contributed by atoms with E-state index in [-0.39, 0.29) is 6.09 Å². The molecule has 5 nitrogen and oxygen atoms in total. The first-order chi connectivity index (χ1) is 11.2. The summed E-state index contributed by atoms with van der Waals surface area (Å²) in [5, 5.41) is 1.12. The maximum absolute atomic E-state index is 12.5. The molecule has 2 heterocycles. The zero-order valence-electron chi connectivity index (χ0n) is 14.7. The number of nitrogens with one attached hydrogen (secondary N) is 1. The Bertz CT molecular complexity index is 787. The molecule has 0 saturated carbocycles. The van der Waals surface area contributed by atoms with Crippen LogP contribution in [-0.4, -0.2) is 41.0 Å². The van der Waals surface area contributed by atoms with E-state index in [0.717, 1.165) is 28.4 Å². The number of hydrogen-bond acceptors (Lipinski definition) is 3. The molecule has 1 aliphatic heterocycles. The summed E-state index contributed by atoms with van der Waals surface area (Å²) in [4.78, 5) is 29.4. The van der Waals surface area contributed by atoms with Crippen molar-refractivity contribution in [1.82, 2.24) is 9.88 Å². The highest BCUT2D eigenvalue weighted by Gasteiger charge is 2.38. The molecular formula is C19H24N2O3. The van der Waals surface area contributed by atoms with Crippen LogP contribution in [0.3, 0.4) is 0 Å². The van der Waals surface area contributed by atoms with Gasteiger partial charge in [-0.15, -0.1) is 0 Å². The zero-order valence-corrected chi connectivity index (χ0v) is 14.7. The van der Waals surface area contributed by atoms with E-state index in [1.165, 1.54) is 0 Å². The van der Waals surface area contributed by atoms with Crippen LogP contribution in [0.5, 0.6) is 0 Å². The van der Waals surface area contributed by atoms with Crippen LogP contribution < -0.4 is 0 Å². The minimum absolute atomic E-state index is 0.311. The maximum atomic E-state index is 12.5. The summed E-state index contributed by atoms with van der Waals surface area (Å²) in [7, 11) is 0. The third-order valence-electron chi connectivity index (χ3n) is 4.45. The van der Waals surface area contributed by atoms with Gasteiger partial charge in [-0.1, -0.05) is 18.2 Å². The van der Waals surface area contributed by atoms with Gasteiger partial charge in [0.15, 0.2) is 0 Å². The molecule has 1 N–H and O–H groups in total. The molecule has 0 unspecified atom stereocenters. The Morgan fingerprint density at radius 1 is 1.33 bits per heavy atom. The zero-order chi connectivity index (χ0) is 17.5. The molecule has 0 aliphatic carbocycles. The van der Waals surface area contributed by atoms with Crippen molar-refractivity contribution in [3.63, 3.8) is 0 Å². The molecule has 2 aromatic rings. The van der Waals surface area contributed by atoms with Gasteiger partial charge in [0.05, 0.1) is 5.41 Å². The van der Waals surface area contributed by atoms with E-state index in [1.54, 1.807) is 4.90 Å². The number of para-hydroxylation sites is 1. The van der Waals surface area contributed by atoms with Crippen molar-refractivity contribution >= 4 is 23.3 Å². The molecule has 0 spiro atoms. The molecule has 0 saturated heterocycles. The smallest absolute Gasteiger partial charge is 0.410 e. The number of aromatic amines is 1. The molecule has 1 amide bonds. The lowest BCUT2D eigenvalue weighted by molar-refractivity contribution is -0.112. The Kier molecular flexibility index (Phi) is 3.90. The Labute approximate surface area is 142 Å². The number of carbonyl (C=O) groups is 2. The van der Waals surface area contributed by atoms with E-state index < -0.39 is 11.0 Å². The Morgan fingerprint density at radius 3 is 2.71 bits per heavy atom. The SMILES string of the molecule is CC(C)(C)OC(=O)N1CCc2c([nH]c3ccccc23)[C@](C)(C=O)C1. The van der Waals surface area contributed by atoms with Crippen LogP contribution >= 0.6 is 0 Å². The Hall–Kier alpha value is -2.30.